The van der Waals surface area contributed by atoms with Crippen molar-refractivity contribution in [2.24, 2.45) is 11.7 Å². The fourth-order valence-corrected chi connectivity index (χ4v) is 1.35. The smallest absolute Gasteiger partial charge is 0.241 e. The van der Waals surface area contributed by atoms with Crippen molar-refractivity contribution in [1.29, 1.82) is 0 Å². The topological polar surface area (TPSA) is 66.6 Å². The SMILES string of the molecule is CCCN(CC(=O)N(C)C)C(=O)C(C)C(C)N.Cl. The van der Waals surface area contributed by atoms with E-state index in [4.69, 9.17) is 5.73 Å². The number of hydrogen-bond donors (Lipinski definition) is 1. The molecule has 0 aromatic rings. The van der Waals surface area contributed by atoms with Crippen molar-refractivity contribution < 1.29 is 9.59 Å². The molecule has 0 aromatic carbocycles. The lowest BCUT2D eigenvalue weighted by Gasteiger charge is -2.27. The van der Waals surface area contributed by atoms with E-state index in [-0.39, 0.29) is 42.7 Å². The standard InChI is InChI=1S/C12H25N3O2.ClH/c1-6-7-15(8-11(16)14(4)5)12(17)9(2)10(3)13;/h9-10H,6-8,13H2,1-5H3;1H. The Kier molecular flexibility index (Phi) is 9.94. The van der Waals surface area contributed by atoms with Crippen molar-refractivity contribution in [2.75, 3.05) is 27.2 Å². The van der Waals surface area contributed by atoms with Crippen LogP contribution >= 0.6 is 12.4 Å². The Morgan fingerprint density at radius 2 is 1.72 bits per heavy atom. The largest absolute Gasteiger partial charge is 0.347 e. The first-order valence-corrected chi connectivity index (χ1v) is 6.05. The average molecular weight is 280 g/mol. The summed E-state index contributed by atoms with van der Waals surface area (Å²) >= 11 is 0. The third-order valence-electron chi connectivity index (χ3n) is 2.81. The highest BCUT2D eigenvalue weighted by molar-refractivity contribution is 5.86. The van der Waals surface area contributed by atoms with Crippen LogP contribution in [0.3, 0.4) is 0 Å². The van der Waals surface area contributed by atoms with Crippen molar-refractivity contribution in [2.45, 2.75) is 33.2 Å². The van der Waals surface area contributed by atoms with Crippen molar-refractivity contribution in [1.82, 2.24) is 9.80 Å². The van der Waals surface area contributed by atoms with Gasteiger partial charge in [0.15, 0.2) is 0 Å². The third-order valence-corrected chi connectivity index (χ3v) is 2.81. The second-order valence-electron chi connectivity index (χ2n) is 4.70. The molecule has 0 heterocycles. The molecule has 108 valence electrons. The third kappa shape index (κ3) is 6.21. The molecular weight excluding hydrogens is 254 g/mol. The van der Waals surface area contributed by atoms with E-state index in [2.05, 4.69) is 0 Å². The van der Waals surface area contributed by atoms with Crippen LogP contribution in [0.15, 0.2) is 0 Å². The average Bonchev–Trinajstić information content (AvgIpc) is 2.25. The summed E-state index contributed by atoms with van der Waals surface area (Å²) in [5.41, 5.74) is 5.72. The lowest BCUT2D eigenvalue weighted by atomic mass is 10.0. The van der Waals surface area contributed by atoms with Gasteiger partial charge in [0.25, 0.3) is 0 Å². The molecule has 0 saturated heterocycles. The van der Waals surface area contributed by atoms with E-state index in [1.165, 1.54) is 4.90 Å². The van der Waals surface area contributed by atoms with E-state index in [1.54, 1.807) is 32.8 Å². The van der Waals surface area contributed by atoms with Crippen molar-refractivity contribution in [3.05, 3.63) is 0 Å². The molecule has 0 aliphatic heterocycles. The Morgan fingerprint density at radius 3 is 2.06 bits per heavy atom. The first kappa shape index (κ1) is 19.5. The van der Waals surface area contributed by atoms with Gasteiger partial charge >= 0.3 is 0 Å². The zero-order valence-electron chi connectivity index (χ0n) is 12.0. The summed E-state index contributed by atoms with van der Waals surface area (Å²) in [6, 6.07) is -0.198. The molecule has 2 atom stereocenters. The minimum atomic E-state index is -0.253. The van der Waals surface area contributed by atoms with Gasteiger partial charge in [-0.25, -0.2) is 0 Å². The molecule has 0 saturated carbocycles. The van der Waals surface area contributed by atoms with Gasteiger partial charge in [-0.3, -0.25) is 9.59 Å². The molecule has 18 heavy (non-hydrogen) atoms. The summed E-state index contributed by atoms with van der Waals surface area (Å²) in [5, 5.41) is 0. The summed E-state index contributed by atoms with van der Waals surface area (Å²) in [6.45, 7) is 6.32. The Morgan fingerprint density at radius 1 is 1.22 bits per heavy atom. The number of nitrogens with zero attached hydrogens (tertiary/aromatic N) is 2. The highest BCUT2D eigenvalue weighted by Gasteiger charge is 2.24. The van der Waals surface area contributed by atoms with Gasteiger partial charge in [0.2, 0.25) is 11.8 Å². The molecule has 2 N–H and O–H groups in total. The molecule has 0 spiro atoms. The van der Waals surface area contributed by atoms with E-state index >= 15 is 0 Å². The molecule has 5 nitrogen and oxygen atoms in total. The molecule has 0 aromatic heterocycles. The van der Waals surface area contributed by atoms with Gasteiger partial charge in [0, 0.05) is 26.7 Å². The van der Waals surface area contributed by atoms with E-state index < -0.39 is 0 Å². The maximum atomic E-state index is 12.1. The van der Waals surface area contributed by atoms with Gasteiger partial charge in [0.1, 0.15) is 0 Å². The van der Waals surface area contributed by atoms with Gasteiger partial charge in [0.05, 0.1) is 12.5 Å². The minimum Gasteiger partial charge on any atom is -0.347 e. The quantitative estimate of drug-likeness (QED) is 0.779. The number of likely N-dealkylation sites (N-methyl/N-ethyl adjacent to an activating group) is 1. The first-order chi connectivity index (χ1) is 7.81. The summed E-state index contributed by atoms with van der Waals surface area (Å²) in [7, 11) is 3.37. The van der Waals surface area contributed by atoms with Gasteiger partial charge in [-0.05, 0) is 13.3 Å². The summed E-state index contributed by atoms with van der Waals surface area (Å²) in [5.74, 6) is -0.364. The highest BCUT2D eigenvalue weighted by atomic mass is 35.5. The van der Waals surface area contributed by atoms with Crippen LogP contribution in [0.25, 0.3) is 0 Å². The Hall–Kier alpha value is -0.810. The van der Waals surface area contributed by atoms with E-state index in [0.29, 0.717) is 6.54 Å². The molecule has 6 heteroatoms. The van der Waals surface area contributed by atoms with Crippen LogP contribution in [0.4, 0.5) is 0 Å². The molecular formula is C12H26ClN3O2. The second kappa shape index (κ2) is 9.16. The highest BCUT2D eigenvalue weighted by Crippen LogP contribution is 2.07. The summed E-state index contributed by atoms with van der Waals surface area (Å²) in [6.07, 6.45) is 0.831. The maximum absolute atomic E-state index is 12.1. The molecule has 0 rings (SSSR count). The Labute approximate surface area is 116 Å². The predicted molar refractivity (Wildman–Crippen MR) is 75.6 cm³/mol. The van der Waals surface area contributed by atoms with Gasteiger partial charge in [-0.2, -0.15) is 0 Å². The maximum Gasteiger partial charge on any atom is 0.241 e. The molecule has 0 aliphatic rings. The molecule has 2 unspecified atom stereocenters. The zero-order chi connectivity index (χ0) is 13.6. The van der Waals surface area contributed by atoms with Crippen LogP contribution in [0, 0.1) is 5.92 Å². The number of halogens is 1. The number of rotatable bonds is 6. The monoisotopic (exact) mass is 279 g/mol. The van der Waals surface area contributed by atoms with E-state index in [0.717, 1.165) is 6.42 Å². The van der Waals surface area contributed by atoms with Gasteiger partial charge in [-0.1, -0.05) is 13.8 Å². The van der Waals surface area contributed by atoms with Crippen LogP contribution in [0.1, 0.15) is 27.2 Å². The fourth-order valence-electron chi connectivity index (χ4n) is 1.35. The van der Waals surface area contributed by atoms with Crippen molar-refractivity contribution >= 4 is 24.2 Å². The molecule has 0 bridgehead atoms. The Bertz CT molecular complexity index is 270. The predicted octanol–water partition coefficient (Wildman–Crippen LogP) is 0.718. The van der Waals surface area contributed by atoms with E-state index in [9.17, 15) is 9.59 Å². The number of hydrogen-bond acceptors (Lipinski definition) is 3. The van der Waals surface area contributed by atoms with Crippen LogP contribution in [0.2, 0.25) is 0 Å². The van der Waals surface area contributed by atoms with Crippen LogP contribution in [0.5, 0.6) is 0 Å². The van der Waals surface area contributed by atoms with Crippen LogP contribution in [-0.2, 0) is 9.59 Å². The lowest BCUT2D eigenvalue weighted by molar-refractivity contribution is -0.141. The van der Waals surface area contributed by atoms with Crippen molar-refractivity contribution in [3.63, 3.8) is 0 Å². The van der Waals surface area contributed by atoms with E-state index in [1.807, 2.05) is 6.92 Å². The summed E-state index contributed by atoms with van der Waals surface area (Å²) < 4.78 is 0. The molecule has 0 aliphatic carbocycles. The number of amides is 2. The van der Waals surface area contributed by atoms with Gasteiger partial charge in [-0.15, -0.1) is 12.4 Å². The number of carbonyl (C=O) groups is 2. The van der Waals surface area contributed by atoms with Crippen molar-refractivity contribution in [3.8, 4) is 0 Å². The zero-order valence-corrected chi connectivity index (χ0v) is 12.8. The molecule has 2 amide bonds. The first-order valence-electron chi connectivity index (χ1n) is 6.05. The Balaban J connectivity index is 0. The van der Waals surface area contributed by atoms with Crippen LogP contribution < -0.4 is 5.73 Å². The van der Waals surface area contributed by atoms with Crippen LogP contribution in [-0.4, -0.2) is 54.8 Å². The van der Waals surface area contributed by atoms with Gasteiger partial charge < -0.3 is 15.5 Å². The second-order valence-corrected chi connectivity index (χ2v) is 4.70. The summed E-state index contributed by atoms with van der Waals surface area (Å²) in [4.78, 5) is 26.8. The molecule has 0 fully saturated rings. The lowest BCUT2D eigenvalue weighted by Crippen LogP contribution is -2.46. The molecule has 0 radical (unpaired) electrons. The number of carbonyl (C=O) groups excluding carboxylic acids is 2. The normalized spacial score (nSPS) is 13.2. The number of nitrogens with two attached hydrogens (primary N) is 1. The fraction of sp³-hybridized carbons (Fsp3) is 0.833. The minimum absolute atomic E-state index is 0.